The monoisotopic (exact) mass is 269 g/mol. The average Bonchev–Trinajstić information content (AvgIpc) is 2.86. The molecule has 98 valence electrons. The molecule has 1 aliphatic rings. The number of nitrogens with zero attached hydrogens (tertiary/aromatic N) is 1. The summed E-state index contributed by atoms with van der Waals surface area (Å²) in [4.78, 5) is 14.6. The second-order valence-electron chi connectivity index (χ2n) is 4.31. The SMILES string of the molecule is O=C(CSc1ccc(F)cc1)N1CCC[C@H]1CO. The van der Waals surface area contributed by atoms with Gasteiger partial charge >= 0.3 is 0 Å². The van der Waals surface area contributed by atoms with Gasteiger partial charge in [-0.25, -0.2) is 4.39 Å². The summed E-state index contributed by atoms with van der Waals surface area (Å²) in [5.41, 5.74) is 0. The molecule has 18 heavy (non-hydrogen) atoms. The molecule has 1 saturated heterocycles. The number of halogens is 1. The second-order valence-corrected chi connectivity index (χ2v) is 5.36. The van der Waals surface area contributed by atoms with Crippen molar-refractivity contribution in [2.75, 3.05) is 18.9 Å². The topological polar surface area (TPSA) is 40.5 Å². The lowest BCUT2D eigenvalue weighted by atomic mass is 10.2. The van der Waals surface area contributed by atoms with Gasteiger partial charge in [-0.1, -0.05) is 0 Å². The van der Waals surface area contributed by atoms with Crippen molar-refractivity contribution in [1.29, 1.82) is 0 Å². The van der Waals surface area contributed by atoms with Gasteiger partial charge in [0, 0.05) is 11.4 Å². The maximum absolute atomic E-state index is 12.7. The fourth-order valence-corrected chi connectivity index (χ4v) is 2.90. The summed E-state index contributed by atoms with van der Waals surface area (Å²) in [5, 5.41) is 9.16. The van der Waals surface area contributed by atoms with Crippen LogP contribution in [0.15, 0.2) is 29.2 Å². The Labute approximate surface area is 110 Å². The van der Waals surface area contributed by atoms with Crippen molar-refractivity contribution in [1.82, 2.24) is 4.90 Å². The lowest BCUT2D eigenvalue weighted by Gasteiger charge is -2.22. The van der Waals surface area contributed by atoms with Gasteiger partial charge in [0.15, 0.2) is 0 Å². The summed E-state index contributed by atoms with van der Waals surface area (Å²) >= 11 is 1.40. The Morgan fingerprint density at radius 2 is 2.17 bits per heavy atom. The van der Waals surface area contributed by atoms with Crippen LogP contribution < -0.4 is 0 Å². The lowest BCUT2D eigenvalue weighted by Crippen LogP contribution is -2.38. The quantitative estimate of drug-likeness (QED) is 0.849. The Kier molecular flexibility index (Phi) is 4.60. The summed E-state index contributed by atoms with van der Waals surface area (Å²) in [6.45, 7) is 0.765. The summed E-state index contributed by atoms with van der Waals surface area (Å²) in [5.74, 6) is 0.105. The molecule has 1 amide bonds. The number of likely N-dealkylation sites (tertiary alicyclic amines) is 1. The minimum atomic E-state index is -0.273. The van der Waals surface area contributed by atoms with E-state index in [4.69, 9.17) is 5.11 Å². The molecule has 1 aliphatic heterocycles. The van der Waals surface area contributed by atoms with Crippen LogP contribution in [0.3, 0.4) is 0 Å². The normalized spacial score (nSPS) is 19.2. The van der Waals surface area contributed by atoms with Gasteiger partial charge in [0.25, 0.3) is 0 Å². The van der Waals surface area contributed by atoms with Crippen molar-refractivity contribution < 1.29 is 14.3 Å². The molecule has 1 atom stereocenters. The maximum Gasteiger partial charge on any atom is 0.233 e. The molecule has 1 N–H and O–H groups in total. The summed E-state index contributed by atoms with van der Waals surface area (Å²) in [6.07, 6.45) is 1.83. The van der Waals surface area contributed by atoms with Crippen LogP contribution in [0.4, 0.5) is 4.39 Å². The van der Waals surface area contributed by atoms with Crippen molar-refractivity contribution in [3.05, 3.63) is 30.1 Å². The van der Waals surface area contributed by atoms with Gasteiger partial charge in [-0.05, 0) is 37.1 Å². The molecule has 5 heteroatoms. The van der Waals surface area contributed by atoms with Gasteiger partial charge in [-0.3, -0.25) is 4.79 Å². The minimum absolute atomic E-state index is 0.0219. The summed E-state index contributed by atoms with van der Waals surface area (Å²) < 4.78 is 12.7. The van der Waals surface area contributed by atoms with Crippen LogP contribution in [0, 0.1) is 5.82 Å². The highest BCUT2D eigenvalue weighted by Gasteiger charge is 2.27. The zero-order valence-corrected chi connectivity index (χ0v) is 10.8. The fraction of sp³-hybridized carbons (Fsp3) is 0.462. The molecule has 3 nitrogen and oxygen atoms in total. The molecule has 0 spiro atoms. The molecule has 1 heterocycles. The number of aliphatic hydroxyl groups excluding tert-OH is 1. The minimum Gasteiger partial charge on any atom is -0.394 e. The van der Waals surface area contributed by atoms with Gasteiger partial charge in [-0.15, -0.1) is 11.8 Å². The zero-order chi connectivity index (χ0) is 13.0. The highest BCUT2D eigenvalue weighted by atomic mass is 32.2. The van der Waals surface area contributed by atoms with Crippen molar-refractivity contribution in [2.24, 2.45) is 0 Å². The van der Waals surface area contributed by atoms with Crippen LogP contribution in [0.1, 0.15) is 12.8 Å². The average molecular weight is 269 g/mol. The standard InChI is InChI=1S/C13H16FNO2S/c14-10-3-5-12(6-4-10)18-9-13(17)15-7-1-2-11(15)8-16/h3-6,11,16H,1-2,7-9H2/t11-/m0/s1. The third-order valence-corrected chi connectivity index (χ3v) is 4.08. The van der Waals surface area contributed by atoms with E-state index in [0.717, 1.165) is 24.3 Å². The Bertz CT molecular complexity index is 410. The van der Waals surface area contributed by atoms with Crippen molar-refractivity contribution in [2.45, 2.75) is 23.8 Å². The molecule has 1 aromatic carbocycles. The van der Waals surface area contributed by atoms with E-state index in [2.05, 4.69) is 0 Å². The largest absolute Gasteiger partial charge is 0.394 e. The van der Waals surface area contributed by atoms with E-state index in [0.29, 0.717) is 5.75 Å². The van der Waals surface area contributed by atoms with Crippen molar-refractivity contribution >= 4 is 17.7 Å². The predicted molar refractivity (Wildman–Crippen MR) is 68.9 cm³/mol. The molecular weight excluding hydrogens is 253 g/mol. The summed E-state index contributed by atoms with van der Waals surface area (Å²) in [6, 6.07) is 6.09. The molecule has 0 aromatic heterocycles. The molecule has 0 aliphatic carbocycles. The van der Waals surface area contributed by atoms with Gasteiger partial charge in [0.05, 0.1) is 18.4 Å². The number of carbonyl (C=O) groups is 1. The maximum atomic E-state index is 12.7. The van der Waals surface area contributed by atoms with Crippen LogP contribution in [0.2, 0.25) is 0 Å². The van der Waals surface area contributed by atoms with Crippen LogP contribution in [-0.4, -0.2) is 40.9 Å². The first-order valence-corrected chi connectivity index (χ1v) is 6.98. The molecule has 0 radical (unpaired) electrons. The first kappa shape index (κ1) is 13.4. The number of hydrogen-bond acceptors (Lipinski definition) is 3. The Morgan fingerprint density at radius 3 is 2.83 bits per heavy atom. The lowest BCUT2D eigenvalue weighted by molar-refractivity contribution is -0.129. The predicted octanol–water partition coefficient (Wildman–Crippen LogP) is 1.90. The van der Waals surface area contributed by atoms with Gasteiger partial charge < -0.3 is 10.0 Å². The zero-order valence-electron chi connectivity index (χ0n) is 10.0. The third kappa shape index (κ3) is 3.23. The molecule has 0 unspecified atom stereocenters. The number of amides is 1. The van der Waals surface area contributed by atoms with E-state index in [9.17, 15) is 9.18 Å². The number of carbonyl (C=O) groups excluding carboxylic acids is 1. The van der Waals surface area contributed by atoms with E-state index in [1.807, 2.05) is 0 Å². The Morgan fingerprint density at radius 1 is 1.44 bits per heavy atom. The van der Waals surface area contributed by atoms with Gasteiger partial charge in [-0.2, -0.15) is 0 Å². The van der Waals surface area contributed by atoms with Crippen LogP contribution in [0.25, 0.3) is 0 Å². The molecule has 2 rings (SSSR count). The van der Waals surface area contributed by atoms with E-state index >= 15 is 0 Å². The fourth-order valence-electron chi connectivity index (χ4n) is 2.11. The van der Waals surface area contributed by atoms with E-state index in [-0.39, 0.29) is 24.4 Å². The third-order valence-electron chi connectivity index (χ3n) is 3.08. The molecule has 0 saturated carbocycles. The summed E-state index contributed by atoms with van der Waals surface area (Å²) in [7, 11) is 0. The highest BCUT2D eigenvalue weighted by Crippen LogP contribution is 2.22. The number of hydrogen-bond donors (Lipinski definition) is 1. The highest BCUT2D eigenvalue weighted by molar-refractivity contribution is 8.00. The molecule has 1 aromatic rings. The molecular formula is C13H16FNO2S. The van der Waals surface area contributed by atoms with Crippen molar-refractivity contribution in [3.8, 4) is 0 Å². The first-order valence-electron chi connectivity index (χ1n) is 5.99. The number of benzene rings is 1. The van der Waals surface area contributed by atoms with Crippen LogP contribution >= 0.6 is 11.8 Å². The van der Waals surface area contributed by atoms with Crippen LogP contribution in [-0.2, 0) is 4.79 Å². The first-order chi connectivity index (χ1) is 8.70. The second kappa shape index (κ2) is 6.20. The number of thioether (sulfide) groups is 1. The van der Waals surface area contributed by atoms with E-state index in [1.54, 1.807) is 17.0 Å². The van der Waals surface area contributed by atoms with Gasteiger partial charge in [0.1, 0.15) is 5.82 Å². The van der Waals surface area contributed by atoms with Gasteiger partial charge in [0.2, 0.25) is 5.91 Å². The smallest absolute Gasteiger partial charge is 0.233 e. The molecule has 1 fully saturated rings. The number of rotatable bonds is 4. The van der Waals surface area contributed by atoms with Crippen LogP contribution in [0.5, 0.6) is 0 Å². The van der Waals surface area contributed by atoms with E-state index in [1.165, 1.54) is 23.9 Å². The van der Waals surface area contributed by atoms with E-state index < -0.39 is 0 Å². The Hall–Kier alpha value is -1.07. The Balaban J connectivity index is 1.86. The van der Waals surface area contributed by atoms with Crippen molar-refractivity contribution in [3.63, 3.8) is 0 Å². The number of aliphatic hydroxyl groups is 1. The molecule has 0 bridgehead atoms.